The predicted molar refractivity (Wildman–Crippen MR) is 144 cm³/mol. The number of rotatable bonds is 16. The quantitative estimate of drug-likeness (QED) is 0.279. The molecule has 8 heteroatoms. The van der Waals surface area contributed by atoms with Crippen molar-refractivity contribution in [1.82, 2.24) is 10.6 Å². The fraction of sp³-hybridized carbons (Fsp3) is 0.567. The minimum absolute atomic E-state index is 0.0740. The van der Waals surface area contributed by atoms with Crippen molar-refractivity contribution in [2.45, 2.75) is 77.0 Å². The van der Waals surface area contributed by atoms with E-state index in [2.05, 4.69) is 42.7 Å². The van der Waals surface area contributed by atoms with Gasteiger partial charge in [0, 0.05) is 25.3 Å². The van der Waals surface area contributed by atoms with Crippen LogP contribution in [0, 0.1) is 11.6 Å². The molecule has 38 heavy (non-hydrogen) atoms. The lowest BCUT2D eigenvalue weighted by Crippen LogP contribution is -2.50. The summed E-state index contributed by atoms with van der Waals surface area (Å²) in [4.78, 5) is 12.6. The van der Waals surface area contributed by atoms with Crippen molar-refractivity contribution in [3.8, 4) is 0 Å². The lowest BCUT2D eigenvalue weighted by Gasteiger charge is -2.30. The van der Waals surface area contributed by atoms with Crippen LogP contribution in [0.2, 0.25) is 0 Å². The molecule has 1 aliphatic rings. The molecule has 2 aromatic rings. The topological polar surface area (TPSA) is 79.8 Å². The summed E-state index contributed by atoms with van der Waals surface area (Å²) >= 11 is 0. The van der Waals surface area contributed by atoms with Gasteiger partial charge in [-0.05, 0) is 72.9 Å². The average molecular weight is 533 g/mol. The number of aliphatic hydroxyl groups excluding tert-OH is 1. The molecule has 0 bridgehead atoms. The summed E-state index contributed by atoms with van der Waals surface area (Å²) in [5.74, 6) is -1.81. The molecule has 0 aliphatic heterocycles. The molecule has 3 unspecified atom stereocenters. The fourth-order valence-corrected chi connectivity index (χ4v) is 4.83. The number of halogens is 2. The second kappa shape index (κ2) is 15.9. The summed E-state index contributed by atoms with van der Waals surface area (Å²) in [6.45, 7) is 5.57. The monoisotopic (exact) mass is 532 g/mol. The zero-order chi connectivity index (χ0) is 27.3. The van der Waals surface area contributed by atoms with Crippen molar-refractivity contribution in [2.75, 3.05) is 33.0 Å². The molecule has 2 aromatic carbocycles. The standard InChI is InChI=1S/C30H42F2N2O4/c1-3-5-11-37-12-13-38-20-30(36)34-28(17-22-14-24(31)18-25(32)15-22)29(35)19-33-27-8-6-7-23-10-9-21(4-2)16-26(23)27/h9-10,14-16,18,27-29,33,35H,3-8,11-13,17,19-20H2,1-2H3,(H,34,36). The number of aryl methyl sites for hydroxylation is 2. The molecule has 1 aliphatic carbocycles. The van der Waals surface area contributed by atoms with Crippen LogP contribution >= 0.6 is 0 Å². The first-order chi connectivity index (χ1) is 18.4. The number of unbranched alkanes of at least 4 members (excludes halogenated alkanes) is 1. The van der Waals surface area contributed by atoms with Gasteiger partial charge in [0.05, 0.1) is 25.4 Å². The summed E-state index contributed by atoms with van der Waals surface area (Å²) in [6.07, 6.45) is 5.10. The number of aliphatic hydroxyl groups is 1. The van der Waals surface area contributed by atoms with E-state index in [9.17, 15) is 18.7 Å². The molecule has 0 saturated carbocycles. The Morgan fingerprint density at radius 2 is 1.82 bits per heavy atom. The van der Waals surface area contributed by atoms with Gasteiger partial charge in [-0.1, -0.05) is 38.5 Å². The highest BCUT2D eigenvalue weighted by Crippen LogP contribution is 2.30. The lowest BCUT2D eigenvalue weighted by atomic mass is 9.86. The van der Waals surface area contributed by atoms with Gasteiger partial charge in [-0.15, -0.1) is 0 Å². The molecular weight excluding hydrogens is 490 g/mol. The minimum atomic E-state index is -0.984. The Hall–Kier alpha value is -2.39. The van der Waals surface area contributed by atoms with Crippen LogP contribution < -0.4 is 10.6 Å². The Morgan fingerprint density at radius 1 is 1.05 bits per heavy atom. The van der Waals surface area contributed by atoms with Gasteiger partial charge in [-0.3, -0.25) is 4.79 Å². The Morgan fingerprint density at radius 3 is 2.55 bits per heavy atom. The summed E-state index contributed by atoms with van der Waals surface area (Å²) in [6, 6.07) is 9.16. The molecule has 0 saturated heterocycles. The van der Waals surface area contributed by atoms with Crippen molar-refractivity contribution in [1.29, 1.82) is 0 Å². The van der Waals surface area contributed by atoms with Gasteiger partial charge in [-0.2, -0.15) is 0 Å². The van der Waals surface area contributed by atoms with E-state index in [1.807, 2.05) is 0 Å². The van der Waals surface area contributed by atoms with Crippen LogP contribution in [-0.2, 0) is 33.5 Å². The first-order valence-electron chi connectivity index (χ1n) is 13.8. The lowest BCUT2D eigenvalue weighted by molar-refractivity contribution is -0.127. The van der Waals surface area contributed by atoms with Crippen LogP contribution in [0.25, 0.3) is 0 Å². The third-order valence-corrected chi connectivity index (χ3v) is 6.94. The first-order valence-corrected chi connectivity index (χ1v) is 13.8. The largest absolute Gasteiger partial charge is 0.390 e. The van der Waals surface area contributed by atoms with Crippen molar-refractivity contribution >= 4 is 5.91 Å². The van der Waals surface area contributed by atoms with E-state index >= 15 is 0 Å². The van der Waals surface area contributed by atoms with Gasteiger partial charge < -0.3 is 25.2 Å². The predicted octanol–water partition coefficient (Wildman–Crippen LogP) is 4.42. The summed E-state index contributed by atoms with van der Waals surface area (Å²) in [5, 5.41) is 17.4. The fourth-order valence-electron chi connectivity index (χ4n) is 4.83. The number of ether oxygens (including phenoxy) is 2. The highest BCUT2D eigenvalue weighted by molar-refractivity contribution is 5.77. The number of amides is 1. The highest BCUT2D eigenvalue weighted by atomic mass is 19.1. The second-order valence-electron chi connectivity index (χ2n) is 9.98. The summed E-state index contributed by atoms with van der Waals surface area (Å²) in [5.41, 5.74) is 4.20. The molecule has 3 N–H and O–H groups in total. The number of carbonyl (C=O) groups excluding carboxylic acids is 1. The maximum atomic E-state index is 13.8. The zero-order valence-electron chi connectivity index (χ0n) is 22.6. The van der Waals surface area contributed by atoms with Gasteiger partial charge in [0.2, 0.25) is 5.91 Å². The highest BCUT2D eigenvalue weighted by Gasteiger charge is 2.26. The molecule has 3 atom stereocenters. The van der Waals surface area contributed by atoms with Crippen LogP contribution in [0.3, 0.4) is 0 Å². The Bertz CT molecular complexity index is 999. The number of nitrogens with one attached hydrogen (secondary N) is 2. The maximum Gasteiger partial charge on any atom is 0.246 e. The van der Waals surface area contributed by atoms with Gasteiger partial charge in [-0.25, -0.2) is 8.78 Å². The van der Waals surface area contributed by atoms with Crippen LogP contribution in [0.1, 0.15) is 67.8 Å². The second-order valence-corrected chi connectivity index (χ2v) is 9.98. The first kappa shape index (κ1) is 30.2. The smallest absolute Gasteiger partial charge is 0.246 e. The van der Waals surface area contributed by atoms with E-state index in [0.29, 0.717) is 18.8 Å². The SMILES string of the molecule is CCCCOCCOCC(=O)NC(Cc1cc(F)cc(F)c1)C(O)CNC1CCCc2ccc(CC)cc21. The van der Waals surface area contributed by atoms with Crippen molar-refractivity contribution < 1.29 is 28.2 Å². The van der Waals surface area contributed by atoms with Crippen molar-refractivity contribution in [3.63, 3.8) is 0 Å². The molecule has 0 heterocycles. The number of hydrogen-bond donors (Lipinski definition) is 3. The molecule has 0 fully saturated rings. The number of benzene rings is 2. The summed E-state index contributed by atoms with van der Waals surface area (Å²) in [7, 11) is 0. The van der Waals surface area contributed by atoms with E-state index in [1.54, 1.807) is 0 Å². The van der Waals surface area contributed by atoms with Crippen LogP contribution in [0.15, 0.2) is 36.4 Å². The van der Waals surface area contributed by atoms with Crippen molar-refractivity contribution in [3.05, 3.63) is 70.3 Å². The van der Waals surface area contributed by atoms with E-state index in [1.165, 1.54) is 28.8 Å². The molecular formula is C30H42F2N2O4. The van der Waals surface area contributed by atoms with Crippen molar-refractivity contribution in [2.24, 2.45) is 0 Å². The van der Waals surface area contributed by atoms with E-state index < -0.39 is 29.7 Å². The minimum Gasteiger partial charge on any atom is -0.390 e. The number of fused-ring (bicyclic) bond motifs is 1. The van der Waals surface area contributed by atoms with Gasteiger partial charge in [0.25, 0.3) is 0 Å². The van der Waals surface area contributed by atoms with E-state index in [0.717, 1.165) is 44.6 Å². The van der Waals surface area contributed by atoms with Crippen LogP contribution in [0.4, 0.5) is 8.78 Å². The average Bonchev–Trinajstić information content (AvgIpc) is 2.90. The number of carbonyl (C=O) groups is 1. The molecule has 3 rings (SSSR count). The van der Waals surface area contributed by atoms with Crippen LogP contribution in [-0.4, -0.2) is 56.1 Å². The molecule has 1 amide bonds. The molecule has 0 spiro atoms. The third-order valence-electron chi connectivity index (χ3n) is 6.94. The van der Waals surface area contributed by atoms with E-state index in [-0.39, 0.29) is 32.2 Å². The van der Waals surface area contributed by atoms with Gasteiger partial charge in [0.15, 0.2) is 0 Å². The normalized spacial score (nSPS) is 16.6. The van der Waals surface area contributed by atoms with E-state index in [4.69, 9.17) is 9.47 Å². The molecule has 6 nitrogen and oxygen atoms in total. The third kappa shape index (κ3) is 9.73. The van der Waals surface area contributed by atoms with Crippen LogP contribution in [0.5, 0.6) is 0 Å². The zero-order valence-corrected chi connectivity index (χ0v) is 22.6. The Labute approximate surface area is 225 Å². The Balaban J connectivity index is 1.60. The Kier molecular flexibility index (Phi) is 12.6. The molecule has 0 radical (unpaired) electrons. The van der Waals surface area contributed by atoms with Gasteiger partial charge in [0.1, 0.15) is 18.2 Å². The number of hydrogen-bond acceptors (Lipinski definition) is 5. The summed E-state index contributed by atoms with van der Waals surface area (Å²) < 4.78 is 38.5. The molecule has 0 aromatic heterocycles. The maximum absolute atomic E-state index is 13.8. The van der Waals surface area contributed by atoms with Gasteiger partial charge >= 0.3 is 0 Å². The molecule has 210 valence electrons.